The second kappa shape index (κ2) is 30.7. The number of fused-ring (bicyclic) bond motifs is 1. The lowest BCUT2D eigenvalue weighted by atomic mass is 10.0. The van der Waals surface area contributed by atoms with E-state index in [0.29, 0.717) is 41.6 Å². The number of likely N-dealkylation sites (N-methyl/N-ethyl adjacent to an activating group) is 1. The Morgan fingerprint density at radius 3 is 2.07 bits per heavy atom. The van der Waals surface area contributed by atoms with Gasteiger partial charge in [0.1, 0.15) is 54.1 Å². The first kappa shape index (κ1) is 63.1. The Bertz CT molecular complexity index is 2950. The lowest BCUT2D eigenvalue weighted by Crippen LogP contribution is -2.60. The fourth-order valence-corrected chi connectivity index (χ4v) is 9.79. The van der Waals surface area contributed by atoms with Gasteiger partial charge < -0.3 is 84.4 Å². The molecule has 2 aliphatic rings. The van der Waals surface area contributed by atoms with Crippen LogP contribution in [0.4, 0.5) is 0 Å². The molecule has 10 amide bonds. The number of aromatic amines is 2. The van der Waals surface area contributed by atoms with Crippen LogP contribution in [0.2, 0.25) is 0 Å². The Labute approximate surface area is 478 Å². The van der Waals surface area contributed by atoms with Crippen LogP contribution in [0.15, 0.2) is 72.2 Å². The van der Waals surface area contributed by atoms with Crippen LogP contribution in [0.25, 0.3) is 10.9 Å². The summed E-state index contributed by atoms with van der Waals surface area (Å²) < 4.78 is 0. The number of aromatic hydroxyl groups is 1. The van der Waals surface area contributed by atoms with Gasteiger partial charge in [-0.2, -0.15) is 0 Å². The summed E-state index contributed by atoms with van der Waals surface area (Å²) in [4.78, 5) is 152. The summed E-state index contributed by atoms with van der Waals surface area (Å²) >= 11 is 0. The molecule has 17 N–H and O–H groups in total. The van der Waals surface area contributed by atoms with Gasteiger partial charge in [0.05, 0.1) is 19.5 Å². The average Bonchev–Trinajstić information content (AvgIpc) is 4.49. The maximum absolute atomic E-state index is 14.4. The van der Waals surface area contributed by atoms with Gasteiger partial charge >= 0.3 is 0 Å². The predicted molar refractivity (Wildman–Crippen MR) is 302 cm³/mol. The molecule has 0 saturated carbocycles. The summed E-state index contributed by atoms with van der Waals surface area (Å²) in [6, 6.07) is 2.91. The van der Waals surface area contributed by atoms with Crippen molar-refractivity contribution in [2.45, 2.75) is 133 Å². The molecule has 83 heavy (non-hydrogen) atoms. The van der Waals surface area contributed by atoms with Crippen molar-refractivity contribution < 1.29 is 58.2 Å². The van der Waals surface area contributed by atoms with E-state index in [4.69, 9.17) is 11.5 Å². The van der Waals surface area contributed by atoms with Gasteiger partial charge in [0.15, 0.2) is 5.96 Å². The molecule has 448 valence electrons. The lowest BCUT2D eigenvalue weighted by molar-refractivity contribution is -0.142. The van der Waals surface area contributed by atoms with Crippen molar-refractivity contribution >= 4 is 75.9 Å². The van der Waals surface area contributed by atoms with E-state index in [1.54, 1.807) is 31.3 Å². The lowest BCUT2D eigenvalue weighted by Gasteiger charge is -2.30. The predicted octanol–water partition coefficient (Wildman–Crippen LogP) is -2.85. The molecule has 2 aromatic heterocycles. The molecule has 2 fully saturated rings. The van der Waals surface area contributed by atoms with Crippen LogP contribution in [0.5, 0.6) is 5.75 Å². The standard InChI is InChI=1S/C55H76N16O12/c1-4-59-53(82)44-12-8-20-71(44)54(83)38(11-7-19-60-55(56)57)66-49(78)39(21-30(2)3)65-46(75)27-62-47(76)40(22-31-13-15-34(73)16-14-31)67-52(81)43(28-72)70-50(79)41(23-32-25-61-36-10-6-5-9-35(32)36)68-51(80)42(24-33-26-58-29-63-33)69-48(77)37-17-18-45(74)64-37/h5-6,9-10,13-16,25-26,29-30,37-44,61,72-73H,4,7-8,11-12,17-24,27-28H2,1-3H3,(H,58,63)(H,59,82)(H,62,76)(H,64,74)(H,65,75)(H,66,78)(H,67,81)(H,68,80)(H,69,77)(H,70,79)(H4,56,57,60)/t37-,38-,39-,40-,41-,42-,43+,44-/m0/s1. The molecule has 0 bridgehead atoms. The monoisotopic (exact) mass is 1150 g/mol. The highest BCUT2D eigenvalue weighted by Gasteiger charge is 2.39. The van der Waals surface area contributed by atoms with Crippen molar-refractivity contribution in [1.82, 2.24) is 67.7 Å². The van der Waals surface area contributed by atoms with Gasteiger partial charge in [-0.05, 0) is 80.7 Å². The minimum absolute atomic E-state index is 0.0913. The van der Waals surface area contributed by atoms with Crippen LogP contribution in [0, 0.1) is 5.92 Å². The van der Waals surface area contributed by atoms with E-state index in [1.165, 1.54) is 41.7 Å². The smallest absolute Gasteiger partial charge is 0.245 e. The Kier molecular flexibility index (Phi) is 23.3. The van der Waals surface area contributed by atoms with Crippen LogP contribution < -0.4 is 59.3 Å². The molecule has 28 nitrogen and oxygen atoms in total. The van der Waals surface area contributed by atoms with Crippen molar-refractivity contribution in [3.63, 3.8) is 0 Å². The van der Waals surface area contributed by atoms with Crippen molar-refractivity contribution in [3.05, 3.63) is 84.1 Å². The maximum Gasteiger partial charge on any atom is 0.245 e. The van der Waals surface area contributed by atoms with E-state index in [-0.39, 0.29) is 93.9 Å². The molecule has 0 unspecified atom stereocenters. The molecule has 2 aliphatic heterocycles. The molecule has 0 spiro atoms. The van der Waals surface area contributed by atoms with Gasteiger partial charge in [-0.25, -0.2) is 4.98 Å². The molecule has 2 aromatic carbocycles. The summed E-state index contributed by atoms with van der Waals surface area (Å²) in [6.45, 7) is 4.47. The third-order valence-corrected chi connectivity index (χ3v) is 14.0. The number of hydrogen-bond donors (Lipinski definition) is 15. The molecule has 0 aliphatic carbocycles. The highest BCUT2D eigenvalue weighted by atomic mass is 16.3. The zero-order chi connectivity index (χ0) is 60.2. The highest BCUT2D eigenvalue weighted by Crippen LogP contribution is 2.22. The number of aromatic nitrogens is 3. The van der Waals surface area contributed by atoms with Crippen molar-refractivity contribution in [2.75, 3.05) is 32.8 Å². The van der Waals surface area contributed by atoms with Crippen LogP contribution >= 0.6 is 0 Å². The third kappa shape index (κ3) is 18.7. The number of nitrogens with two attached hydrogens (primary N) is 2. The molecule has 6 rings (SSSR count). The zero-order valence-corrected chi connectivity index (χ0v) is 46.6. The van der Waals surface area contributed by atoms with Gasteiger partial charge in [0.25, 0.3) is 0 Å². The number of phenolic OH excluding ortho intramolecular Hbond substituents is 1. The molecule has 0 radical (unpaired) electrons. The Hall–Kier alpha value is -9.08. The number of nitrogens with one attached hydrogen (secondary N) is 11. The largest absolute Gasteiger partial charge is 0.508 e. The number of carbonyl (C=O) groups is 10. The summed E-state index contributed by atoms with van der Waals surface area (Å²) in [5.74, 6) is -7.41. The highest BCUT2D eigenvalue weighted by molar-refractivity contribution is 5.99. The van der Waals surface area contributed by atoms with Gasteiger partial charge in [-0.15, -0.1) is 0 Å². The quantitative estimate of drug-likeness (QED) is 0.0142. The van der Waals surface area contributed by atoms with Crippen LogP contribution in [0.3, 0.4) is 0 Å². The van der Waals surface area contributed by atoms with Crippen molar-refractivity contribution in [2.24, 2.45) is 22.4 Å². The molecule has 2 saturated heterocycles. The molecule has 28 heteroatoms. The number of hydrogen-bond acceptors (Lipinski definition) is 14. The zero-order valence-electron chi connectivity index (χ0n) is 46.6. The number of H-pyrrole nitrogens is 2. The number of benzene rings is 2. The number of nitrogens with zero attached hydrogens (tertiary/aromatic N) is 3. The Morgan fingerprint density at radius 1 is 0.759 bits per heavy atom. The number of para-hydroxylation sites is 1. The van der Waals surface area contributed by atoms with Crippen molar-refractivity contribution in [1.29, 1.82) is 0 Å². The second-order valence-electron chi connectivity index (χ2n) is 20.9. The van der Waals surface area contributed by atoms with Crippen LogP contribution in [-0.2, 0) is 67.2 Å². The summed E-state index contributed by atoms with van der Waals surface area (Å²) in [6.07, 6.45) is 5.78. The number of rotatable bonds is 30. The number of phenols is 1. The molecule has 4 heterocycles. The first-order valence-electron chi connectivity index (χ1n) is 27.7. The molecular formula is C55H76N16O12. The van der Waals surface area contributed by atoms with E-state index in [0.717, 1.165) is 5.52 Å². The summed E-state index contributed by atoms with van der Waals surface area (Å²) in [5, 5.41) is 45.0. The number of guanidine groups is 1. The molecule has 4 aromatic rings. The van der Waals surface area contributed by atoms with Gasteiger partial charge in [-0.1, -0.05) is 44.2 Å². The molecular weight excluding hydrogens is 1080 g/mol. The first-order chi connectivity index (χ1) is 39.7. The molecule has 8 atom stereocenters. The van der Waals surface area contributed by atoms with Crippen LogP contribution in [-0.4, -0.2) is 176 Å². The number of aliphatic imine (C=N–C) groups is 1. The van der Waals surface area contributed by atoms with E-state index < -0.39 is 109 Å². The van der Waals surface area contributed by atoms with E-state index in [2.05, 4.69) is 67.8 Å². The second-order valence-corrected chi connectivity index (χ2v) is 20.9. The van der Waals surface area contributed by atoms with E-state index >= 15 is 0 Å². The topological polar surface area (TPSA) is 432 Å². The number of imidazole rings is 1. The Balaban J connectivity index is 1.16. The fourth-order valence-electron chi connectivity index (χ4n) is 9.79. The first-order valence-corrected chi connectivity index (χ1v) is 27.7. The number of likely N-dealkylation sites (tertiary alicyclic amines) is 1. The number of aliphatic hydroxyl groups excluding tert-OH is 1. The number of amides is 10. The maximum atomic E-state index is 14.4. The third-order valence-electron chi connectivity index (χ3n) is 14.0. The normalized spacial score (nSPS) is 16.9. The van der Waals surface area contributed by atoms with Gasteiger partial charge in [0.2, 0.25) is 59.1 Å². The Morgan fingerprint density at radius 2 is 1.42 bits per heavy atom. The number of carbonyl (C=O) groups excluding carboxylic acids is 10. The van der Waals surface area contributed by atoms with Gasteiger partial charge in [0, 0.05) is 74.3 Å². The SMILES string of the molecule is CCNC(=O)[C@@H]1CCCN1C(=O)[C@H](CCCN=C(N)N)NC(=O)[C@H](CC(C)C)NC(=O)CNC(=O)[C@H](Cc1ccc(O)cc1)NC(=O)[C@@H](CO)NC(=O)[C@H](Cc1c[nH]c2ccccc12)NC(=O)[C@H](Cc1cnc[nH]1)NC(=O)[C@@H]1CCC(=O)N1. The van der Waals surface area contributed by atoms with E-state index in [1.807, 2.05) is 19.9 Å². The summed E-state index contributed by atoms with van der Waals surface area (Å²) in [7, 11) is 0. The minimum Gasteiger partial charge on any atom is -0.508 e. The minimum atomic E-state index is -1.74. The summed E-state index contributed by atoms with van der Waals surface area (Å²) in [5.41, 5.74) is 13.2. The average molecular weight is 1150 g/mol. The number of aliphatic hydroxyl groups is 1. The fraction of sp³-hybridized carbons (Fsp3) is 0.491. The van der Waals surface area contributed by atoms with Gasteiger partial charge in [-0.3, -0.25) is 52.9 Å². The van der Waals surface area contributed by atoms with Crippen LogP contribution in [0.1, 0.15) is 82.5 Å². The van der Waals surface area contributed by atoms with E-state index in [9.17, 15) is 58.2 Å². The van der Waals surface area contributed by atoms with Crippen molar-refractivity contribution in [3.8, 4) is 5.75 Å².